The van der Waals surface area contributed by atoms with Gasteiger partial charge < -0.3 is 10.6 Å². The average Bonchev–Trinajstić information content (AvgIpc) is 3.52. The lowest BCUT2D eigenvalue weighted by atomic mass is 10.0. The van der Waals surface area contributed by atoms with E-state index in [-0.39, 0.29) is 0 Å². The molecule has 1 saturated heterocycles. The molecule has 11 heteroatoms. The van der Waals surface area contributed by atoms with Crippen LogP contribution in [0.3, 0.4) is 0 Å². The second-order valence-electron chi connectivity index (χ2n) is 10.5. The molecule has 0 aliphatic carbocycles. The Morgan fingerprint density at radius 1 is 0.975 bits per heavy atom. The highest BCUT2D eigenvalue weighted by molar-refractivity contribution is 7.88. The first kappa shape index (κ1) is 26.4. The van der Waals surface area contributed by atoms with E-state index in [2.05, 4.69) is 57.6 Å². The SMILES string of the molecule is CS(=O)(=O)N1CCN(CCCCc2cc(-c3ccc4cn(Cc5ccccc5)nc4c3)c3c(N)ncnn23)CC1. The lowest BCUT2D eigenvalue weighted by molar-refractivity contribution is 0.186. The Hall–Kier alpha value is -3.80. The van der Waals surface area contributed by atoms with E-state index in [9.17, 15) is 8.42 Å². The van der Waals surface area contributed by atoms with Gasteiger partial charge in [-0.1, -0.05) is 42.5 Å². The summed E-state index contributed by atoms with van der Waals surface area (Å²) in [5, 5.41) is 10.5. The summed E-state index contributed by atoms with van der Waals surface area (Å²) in [5.41, 5.74) is 12.4. The molecule has 4 heterocycles. The molecule has 208 valence electrons. The largest absolute Gasteiger partial charge is 0.382 e. The molecule has 1 fully saturated rings. The zero-order chi connectivity index (χ0) is 27.7. The fourth-order valence-electron chi connectivity index (χ4n) is 5.54. The minimum absolute atomic E-state index is 0.453. The monoisotopic (exact) mass is 558 g/mol. The third-order valence-electron chi connectivity index (χ3n) is 7.67. The molecule has 0 radical (unpaired) electrons. The van der Waals surface area contributed by atoms with Crippen LogP contribution in [0.25, 0.3) is 27.5 Å². The predicted octanol–water partition coefficient (Wildman–Crippen LogP) is 3.28. The number of nitrogens with zero attached hydrogens (tertiary/aromatic N) is 7. The summed E-state index contributed by atoms with van der Waals surface area (Å²) in [6, 6.07) is 18.8. The Bertz CT molecular complexity index is 1740. The first-order chi connectivity index (χ1) is 19.3. The number of rotatable bonds is 9. The molecule has 0 unspecified atom stereocenters. The molecule has 3 aromatic heterocycles. The van der Waals surface area contributed by atoms with Crippen LogP contribution in [0.2, 0.25) is 0 Å². The predicted molar refractivity (Wildman–Crippen MR) is 157 cm³/mol. The molecular weight excluding hydrogens is 524 g/mol. The number of nitrogens with two attached hydrogens (primary N) is 1. The summed E-state index contributed by atoms with van der Waals surface area (Å²) in [6.07, 6.45) is 7.73. The molecule has 10 nitrogen and oxygen atoms in total. The van der Waals surface area contributed by atoms with Crippen molar-refractivity contribution < 1.29 is 8.42 Å². The van der Waals surface area contributed by atoms with Gasteiger partial charge in [-0.05, 0) is 49.1 Å². The maximum absolute atomic E-state index is 11.8. The van der Waals surface area contributed by atoms with E-state index in [4.69, 9.17) is 10.8 Å². The summed E-state index contributed by atoms with van der Waals surface area (Å²) in [5.74, 6) is 0.453. The van der Waals surface area contributed by atoms with E-state index in [0.29, 0.717) is 18.9 Å². The molecule has 0 spiro atoms. The Balaban J connectivity index is 1.17. The van der Waals surface area contributed by atoms with Crippen LogP contribution >= 0.6 is 0 Å². The summed E-state index contributed by atoms with van der Waals surface area (Å²) in [4.78, 5) is 6.62. The molecular formula is C29H34N8O2S. The summed E-state index contributed by atoms with van der Waals surface area (Å²) in [6.45, 7) is 4.36. The van der Waals surface area contributed by atoms with Crippen molar-refractivity contribution in [1.29, 1.82) is 0 Å². The molecule has 40 heavy (non-hydrogen) atoms. The molecule has 0 amide bonds. The van der Waals surface area contributed by atoms with Gasteiger partial charge in [-0.25, -0.2) is 17.9 Å². The van der Waals surface area contributed by atoms with Crippen LogP contribution < -0.4 is 5.73 Å². The molecule has 1 aliphatic heterocycles. The Kier molecular flexibility index (Phi) is 7.26. The minimum atomic E-state index is -3.10. The smallest absolute Gasteiger partial charge is 0.211 e. The number of anilines is 1. The lowest BCUT2D eigenvalue weighted by Gasteiger charge is -2.33. The Morgan fingerprint density at radius 3 is 2.55 bits per heavy atom. The number of piperazine rings is 1. The van der Waals surface area contributed by atoms with Crippen molar-refractivity contribution in [2.24, 2.45) is 0 Å². The Labute approximate surface area is 234 Å². The standard InChI is InChI=1S/C29H34N8O2S/c1-40(38,39)36-15-13-34(14-16-36)12-6-5-9-25-18-26(28-29(30)31-21-32-37(25)28)23-10-11-24-20-35(33-27(24)17-23)19-22-7-3-2-4-8-22/h2-4,7-8,10-11,17-18,20-21H,5-6,9,12-16,19H2,1H3,(H2,30,31,32). The average molecular weight is 559 g/mol. The van der Waals surface area contributed by atoms with Gasteiger partial charge in [-0.2, -0.15) is 14.5 Å². The molecule has 0 atom stereocenters. The third-order valence-corrected chi connectivity index (χ3v) is 8.97. The molecule has 6 rings (SSSR count). The van der Waals surface area contributed by atoms with Crippen molar-refractivity contribution in [3.63, 3.8) is 0 Å². The van der Waals surface area contributed by atoms with Crippen molar-refractivity contribution in [3.8, 4) is 11.1 Å². The van der Waals surface area contributed by atoms with E-state index < -0.39 is 10.0 Å². The number of benzene rings is 2. The first-order valence-corrected chi connectivity index (χ1v) is 15.5. The fraction of sp³-hybridized carbons (Fsp3) is 0.345. The van der Waals surface area contributed by atoms with Crippen LogP contribution in [-0.2, 0) is 23.0 Å². The molecule has 5 aromatic rings. The Morgan fingerprint density at radius 2 is 1.77 bits per heavy atom. The normalized spacial score (nSPS) is 15.3. The van der Waals surface area contributed by atoms with Gasteiger partial charge in [0.15, 0.2) is 5.82 Å². The van der Waals surface area contributed by atoms with Gasteiger partial charge in [-0.15, -0.1) is 0 Å². The van der Waals surface area contributed by atoms with E-state index in [1.807, 2.05) is 27.4 Å². The van der Waals surface area contributed by atoms with Crippen LogP contribution in [0.5, 0.6) is 0 Å². The number of sulfonamides is 1. The van der Waals surface area contributed by atoms with Gasteiger partial charge in [0, 0.05) is 49.0 Å². The second-order valence-corrected chi connectivity index (χ2v) is 12.5. The van der Waals surface area contributed by atoms with Crippen LogP contribution in [0.15, 0.2) is 67.1 Å². The van der Waals surface area contributed by atoms with E-state index in [0.717, 1.165) is 78.7 Å². The number of fused-ring (bicyclic) bond motifs is 2. The number of hydrogen-bond acceptors (Lipinski definition) is 7. The van der Waals surface area contributed by atoms with Crippen molar-refractivity contribution in [3.05, 3.63) is 78.4 Å². The molecule has 2 aromatic carbocycles. The number of hydrogen-bond donors (Lipinski definition) is 1. The van der Waals surface area contributed by atoms with E-state index >= 15 is 0 Å². The lowest BCUT2D eigenvalue weighted by Crippen LogP contribution is -2.48. The molecule has 1 aliphatic rings. The highest BCUT2D eigenvalue weighted by Gasteiger charge is 2.23. The third kappa shape index (κ3) is 5.58. The van der Waals surface area contributed by atoms with Gasteiger partial charge in [-0.3, -0.25) is 4.68 Å². The summed E-state index contributed by atoms with van der Waals surface area (Å²) in [7, 11) is -3.10. The highest BCUT2D eigenvalue weighted by Crippen LogP contribution is 2.32. The molecule has 0 saturated carbocycles. The van der Waals surface area contributed by atoms with Crippen molar-refractivity contribution >= 4 is 32.3 Å². The van der Waals surface area contributed by atoms with E-state index in [1.165, 1.54) is 18.1 Å². The first-order valence-electron chi connectivity index (χ1n) is 13.7. The minimum Gasteiger partial charge on any atom is -0.382 e. The number of nitrogen functional groups attached to an aromatic ring is 1. The fourth-order valence-corrected chi connectivity index (χ4v) is 6.37. The summed E-state index contributed by atoms with van der Waals surface area (Å²) < 4.78 is 29.0. The van der Waals surface area contributed by atoms with E-state index in [1.54, 1.807) is 4.31 Å². The maximum Gasteiger partial charge on any atom is 0.211 e. The number of unbranched alkanes of at least 4 members (excludes halogenated alkanes) is 1. The molecule has 0 bridgehead atoms. The van der Waals surface area contributed by atoms with Crippen LogP contribution in [-0.4, -0.2) is 81.0 Å². The van der Waals surface area contributed by atoms with Gasteiger partial charge in [0.2, 0.25) is 10.0 Å². The van der Waals surface area contributed by atoms with Crippen molar-refractivity contribution in [2.75, 3.05) is 44.7 Å². The zero-order valence-electron chi connectivity index (χ0n) is 22.6. The van der Waals surface area contributed by atoms with Crippen molar-refractivity contribution in [1.82, 2.24) is 33.6 Å². The van der Waals surface area contributed by atoms with Crippen LogP contribution in [0.4, 0.5) is 5.82 Å². The van der Waals surface area contributed by atoms with Gasteiger partial charge in [0.05, 0.1) is 18.3 Å². The van der Waals surface area contributed by atoms with Crippen molar-refractivity contribution in [2.45, 2.75) is 25.8 Å². The second kappa shape index (κ2) is 11.0. The number of aryl methyl sites for hydroxylation is 1. The van der Waals surface area contributed by atoms with Gasteiger partial charge in [0.25, 0.3) is 0 Å². The number of aromatic nitrogens is 5. The van der Waals surface area contributed by atoms with Crippen LogP contribution in [0, 0.1) is 0 Å². The van der Waals surface area contributed by atoms with Gasteiger partial charge in [0.1, 0.15) is 11.8 Å². The summed E-state index contributed by atoms with van der Waals surface area (Å²) >= 11 is 0. The van der Waals surface area contributed by atoms with Gasteiger partial charge >= 0.3 is 0 Å². The highest BCUT2D eigenvalue weighted by atomic mass is 32.2. The quantitative estimate of drug-likeness (QED) is 0.276. The zero-order valence-corrected chi connectivity index (χ0v) is 23.5. The van der Waals surface area contributed by atoms with Crippen LogP contribution in [0.1, 0.15) is 24.1 Å². The molecule has 2 N–H and O–H groups in total. The topological polar surface area (TPSA) is 115 Å². The maximum atomic E-state index is 11.8.